The molecule has 0 spiro atoms. The predicted octanol–water partition coefficient (Wildman–Crippen LogP) is 3.43. The number of fused-ring (bicyclic) bond motifs is 1. The second-order valence-electron chi connectivity index (χ2n) is 6.23. The molecule has 3 rings (SSSR count). The van der Waals surface area contributed by atoms with Gasteiger partial charge in [0.15, 0.2) is 0 Å². The van der Waals surface area contributed by atoms with E-state index in [9.17, 15) is 9.59 Å². The quantitative estimate of drug-likeness (QED) is 0.761. The lowest BCUT2D eigenvalue weighted by Gasteiger charge is -2.16. The molecule has 5 nitrogen and oxygen atoms in total. The molecule has 1 unspecified atom stereocenters. The minimum absolute atomic E-state index is 0.198. The van der Waals surface area contributed by atoms with Gasteiger partial charge in [-0.05, 0) is 25.8 Å². The van der Waals surface area contributed by atoms with Crippen molar-refractivity contribution in [3.05, 3.63) is 51.4 Å². The minimum Gasteiger partial charge on any atom is -0.368 e. The topological polar surface area (TPSA) is 78.0 Å². The number of rotatable bonds is 5. The molecule has 1 aromatic carbocycles. The number of primary amides is 1. The van der Waals surface area contributed by atoms with Gasteiger partial charge >= 0.3 is 0 Å². The summed E-state index contributed by atoms with van der Waals surface area (Å²) < 4.78 is 1.46. The van der Waals surface area contributed by atoms with Crippen molar-refractivity contribution < 1.29 is 4.79 Å². The third-order valence-electron chi connectivity index (χ3n) is 4.35. The maximum Gasteiger partial charge on any atom is 0.263 e. The van der Waals surface area contributed by atoms with Gasteiger partial charge in [-0.1, -0.05) is 36.8 Å². The molecule has 0 saturated heterocycles. The Balaban J connectivity index is 2.30. The molecule has 130 valence electrons. The Bertz CT molecular complexity index is 986. The summed E-state index contributed by atoms with van der Waals surface area (Å²) in [5.41, 5.74) is 8.25. The molecule has 0 bridgehead atoms. The lowest BCUT2D eigenvalue weighted by molar-refractivity contribution is -0.120. The van der Waals surface area contributed by atoms with Crippen LogP contribution in [0.5, 0.6) is 0 Å². The molecule has 1 amide bonds. The highest BCUT2D eigenvalue weighted by Gasteiger charge is 2.22. The highest BCUT2D eigenvalue weighted by molar-refractivity contribution is 7.17. The number of nitrogens with two attached hydrogens (primary N) is 1. The summed E-state index contributed by atoms with van der Waals surface area (Å²) in [5.74, 6) is 0.0799. The highest BCUT2D eigenvalue weighted by Crippen LogP contribution is 2.31. The number of hydrogen-bond acceptors (Lipinski definition) is 4. The lowest BCUT2D eigenvalue weighted by atomic mass is 10.0. The zero-order valence-corrected chi connectivity index (χ0v) is 15.4. The molecular weight excluding hydrogens is 334 g/mol. The predicted molar refractivity (Wildman–Crippen MR) is 102 cm³/mol. The van der Waals surface area contributed by atoms with Crippen LogP contribution >= 0.6 is 11.3 Å². The van der Waals surface area contributed by atoms with E-state index in [-0.39, 0.29) is 5.56 Å². The van der Waals surface area contributed by atoms with Crippen LogP contribution in [-0.2, 0) is 11.2 Å². The van der Waals surface area contributed by atoms with Crippen molar-refractivity contribution in [3.8, 4) is 11.1 Å². The maximum absolute atomic E-state index is 13.2. The Morgan fingerprint density at radius 1 is 1.32 bits per heavy atom. The SMILES string of the molecule is CCCc1nc2scc(-c3ccc(C)cc3)c2c(=O)n1C(C)C(N)=O. The minimum atomic E-state index is -0.725. The summed E-state index contributed by atoms with van der Waals surface area (Å²) in [6.07, 6.45) is 1.46. The van der Waals surface area contributed by atoms with Gasteiger partial charge < -0.3 is 5.73 Å². The fourth-order valence-corrected chi connectivity index (χ4v) is 3.87. The van der Waals surface area contributed by atoms with Crippen molar-refractivity contribution in [2.45, 2.75) is 39.7 Å². The first-order valence-corrected chi connectivity index (χ1v) is 9.21. The summed E-state index contributed by atoms with van der Waals surface area (Å²) >= 11 is 1.46. The van der Waals surface area contributed by atoms with Crippen LogP contribution in [0.15, 0.2) is 34.4 Å². The fraction of sp³-hybridized carbons (Fsp3) is 0.316. The number of aromatic nitrogens is 2. The third kappa shape index (κ3) is 3.09. The molecule has 0 saturated carbocycles. The summed E-state index contributed by atoms with van der Waals surface area (Å²) in [4.78, 5) is 30.3. The highest BCUT2D eigenvalue weighted by atomic mass is 32.1. The molecule has 0 aliphatic heterocycles. The first kappa shape index (κ1) is 17.4. The van der Waals surface area contributed by atoms with E-state index in [2.05, 4.69) is 4.98 Å². The van der Waals surface area contributed by atoms with Crippen LogP contribution < -0.4 is 11.3 Å². The van der Waals surface area contributed by atoms with Gasteiger partial charge in [0.2, 0.25) is 5.91 Å². The second kappa shape index (κ2) is 6.80. The summed E-state index contributed by atoms with van der Waals surface area (Å²) in [6.45, 7) is 5.69. The number of carbonyl (C=O) groups is 1. The van der Waals surface area contributed by atoms with E-state index in [1.165, 1.54) is 15.9 Å². The maximum atomic E-state index is 13.2. The standard InChI is InChI=1S/C19H21N3O2S/c1-4-5-15-21-18-16(19(24)22(15)12(3)17(20)23)14(10-25-18)13-8-6-11(2)7-9-13/h6-10,12H,4-5H2,1-3H3,(H2,20,23). The first-order valence-electron chi connectivity index (χ1n) is 8.33. The summed E-state index contributed by atoms with van der Waals surface area (Å²) in [7, 11) is 0. The van der Waals surface area contributed by atoms with Crippen LogP contribution in [-0.4, -0.2) is 15.5 Å². The zero-order valence-electron chi connectivity index (χ0n) is 14.6. The molecule has 25 heavy (non-hydrogen) atoms. The van der Waals surface area contributed by atoms with Crippen LogP contribution in [0.4, 0.5) is 0 Å². The van der Waals surface area contributed by atoms with E-state index in [4.69, 9.17) is 5.73 Å². The Hall–Kier alpha value is -2.47. The molecule has 0 radical (unpaired) electrons. The van der Waals surface area contributed by atoms with Crippen LogP contribution in [0.25, 0.3) is 21.3 Å². The molecule has 0 aliphatic carbocycles. The number of carbonyl (C=O) groups excluding carboxylic acids is 1. The third-order valence-corrected chi connectivity index (χ3v) is 5.22. The number of thiophene rings is 1. The van der Waals surface area contributed by atoms with Gasteiger partial charge in [0.1, 0.15) is 16.7 Å². The summed E-state index contributed by atoms with van der Waals surface area (Å²) in [5, 5.41) is 2.51. The van der Waals surface area contributed by atoms with Crippen molar-refractivity contribution >= 4 is 27.5 Å². The lowest BCUT2D eigenvalue weighted by Crippen LogP contribution is -2.35. The van der Waals surface area contributed by atoms with E-state index in [1.54, 1.807) is 6.92 Å². The van der Waals surface area contributed by atoms with E-state index < -0.39 is 11.9 Å². The average molecular weight is 355 g/mol. The Labute approximate surface area is 150 Å². The molecular formula is C19H21N3O2S. The largest absolute Gasteiger partial charge is 0.368 e. The molecule has 2 aromatic heterocycles. The Kier molecular flexibility index (Phi) is 4.72. The number of benzene rings is 1. The van der Waals surface area contributed by atoms with Gasteiger partial charge in [0.05, 0.1) is 5.39 Å². The number of nitrogens with zero attached hydrogens (tertiary/aromatic N) is 2. The normalized spacial score (nSPS) is 12.4. The Morgan fingerprint density at radius 2 is 2.00 bits per heavy atom. The summed E-state index contributed by atoms with van der Waals surface area (Å²) in [6, 6.07) is 7.30. The zero-order chi connectivity index (χ0) is 18.1. The molecule has 0 fully saturated rings. The second-order valence-corrected chi connectivity index (χ2v) is 7.09. The van der Waals surface area contributed by atoms with Crippen molar-refractivity contribution in [1.29, 1.82) is 0 Å². The number of hydrogen-bond donors (Lipinski definition) is 1. The van der Waals surface area contributed by atoms with Crippen LogP contribution in [0, 0.1) is 6.92 Å². The fourth-order valence-electron chi connectivity index (χ4n) is 2.92. The smallest absolute Gasteiger partial charge is 0.263 e. The van der Waals surface area contributed by atoms with Gasteiger partial charge in [0, 0.05) is 17.4 Å². The van der Waals surface area contributed by atoms with Gasteiger partial charge in [0.25, 0.3) is 5.56 Å². The van der Waals surface area contributed by atoms with E-state index >= 15 is 0 Å². The van der Waals surface area contributed by atoms with E-state index in [1.807, 2.05) is 43.5 Å². The van der Waals surface area contributed by atoms with Crippen LogP contribution in [0.1, 0.15) is 37.7 Å². The molecule has 2 heterocycles. The Morgan fingerprint density at radius 3 is 2.60 bits per heavy atom. The molecule has 2 N–H and O–H groups in total. The van der Waals surface area contributed by atoms with Gasteiger partial charge in [-0.2, -0.15) is 0 Å². The molecule has 3 aromatic rings. The molecule has 6 heteroatoms. The first-order chi connectivity index (χ1) is 11.9. The van der Waals surface area contributed by atoms with Gasteiger partial charge in [-0.25, -0.2) is 4.98 Å². The van der Waals surface area contributed by atoms with Gasteiger partial charge in [-0.15, -0.1) is 11.3 Å². The number of amides is 1. The molecule has 1 atom stereocenters. The average Bonchev–Trinajstić information content (AvgIpc) is 2.99. The van der Waals surface area contributed by atoms with Crippen LogP contribution in [0.2, 0.25) is 0 Å². The molecule has 0 aliphatic rings. The van der Waals surface area contributed by atoms with Crippen molar-refractivity contribution in [1.82, 2.24) is 9.55 Å². The van der Waals surface area contributed by atoms with Crippen LogP contribution in [0.3, 0.4) is 0 Å². The monoisotopic (exact) mass is 355 g/mol. The van der Waals surface area contributed by atoms with E-state index in [0.29, 0.717) is 22.5 Å². The number of aryl methyl sites for hydroxylation is 2. The van der Waals surface area contributed by atoms with Crippen molar-refractivity contribution in [3.63, 3.8) is 0 Å². The van der Waals surface area contributed by atoms with Crippen molar-refractivity contribution in [2.75, 3.05) is 0 Å². The van der Waals surface area contributed by atoms with Crippen molar-refractivity contribution in [2.24, 2.45) is 5.73 Å². The van der Waals surface area contributed by atoms with E-state index in [0.717, 1.165) is 23.1 Å². The van der Waals surface area contributed by atoms with Gasteiger partial charge in [-0.3, -0.25) is 14.2 Å².